The maximum atomic E-state index is 12.0. The third-order valence-electron chi connectivity index (χ3n) is 3.66. The van der Waals surface area contributed by atoms with Crippen LogP contribution in [0, 0.1) is 0 Å². The molecule has 0 aliphatic rings. The van der Waals surface area contributed by atoms with Crippen LogP contribution in [0.5, 0.6) is 0 Å². The standard InChI is InChI=1S/C18H24N2O3S/c1-3-23-12-15-8-5-4-7-14(15)11-19-17(21)20-13-18(2,22)16-9-6-10-24-16/h4-10,22H,3,11-13H2,1-2H3,(H2,19,20,21). The predicted octanol–water partition coefficient (Wildman–Crippen LogP) is 2.99. The Morgan fingerprint density at radius 3 is 2.62 bits per heavy atom. The molecule has 1 aromatic heterocycles. The molecule has 1 aromatic carbocycles. The highest BCUT2D eigenvalue weighted by Gasteiger charge is 2.24. The van der Waals surface area contributed by atoms with Crippen LogP contribution in [0.3, 0.4) is 0 Å². The number of rotatable bonds is 8. The molecule has 1 unspecified atom stereocenters. The van der Waals surface area contributed by atoms with Crippen LogP contribution in [0.2, 0.25) is 0 Å². The number of benzene rings is 1. The van der Waals surface area contributed by atoms with Gasteiger partial charge in [0.2, 0.25) is 0 Å². The lowest BCUT2D eigenvalue weighted by molar-refractivity contribution is 0.0631. The quantitative estimate of drug-likeness (QED) is 0.687. The topological polar surface area (TPSA) is 70.6 Å². The molecule has 2 rings (SSSR count). The summed E-state index contributed by atoms with van der Waals surface area (Å²) in [5.74, 6) is 0. The Balaban J connectivity index is 1.83. The van der Waals surface area contributed by atoms with Crippen LogP contribution in [0.25, 0.3) is 0 Å². The largest absolute Gasteiger partial charge is 0.383 e. The van der Waals surface area contributed by atoms with E-state index in [2.05, 4.69) is 10.6 Å². The van der Waals surface area contributed by atoms with Crippen LogP contribution in [-0.4, -0.2) is 24.3 Å². The molecule has 2 amide bonds. The van der Waals surface area contributed by atoms with Gasteiger partial charge in [0.1, 0.15) is 5.60 Å². The SMILES string of the molecule is CCOCc1ccccc1CNC(=O)NCC(C)(O)c1cccs1. The molecular formula is C18H24N2O3S. The number of nitrogens with one attached hydrogen (secondary N) is 2. The first kappa shape index (κ1) is 18.4. The highest BCUT2D eigenvalue weighted by molar-refractivity contribution is 7.10. The molecule has 0 radical (unpaired) electrons. The van der Waals surface area contributed by atoms with E-state index in [9.17, 15) is 9.90 Å². The second-order valence-corrected chi connectivity index (χ2v) is 6.64. The van der Waals surface area contributed by atoms with E-state index in [4.69, 9.17) is 4.74 Å². The minimum Gasteiger partial charge on any atom is -0.383 e. The zero-order valence-corrected chi connectivity index (χ0v) is 14.9. The van der Waals surface area contributed by atoms with E-state index in [-0.39, 0.29) is 12.6 Å². The third-order valence-corrected chi connectivity index (χ3v) is 4.79. The molecule has 1 heterocycles. The number of hydrogen-bond donors (Lipinski definition) is 3. The first-order valence-electron chi connectivity index (χ1n) is 7.95. The van der Waals surface area contributed by atoms with Crippen LogP contribution in [0.15, 0.2) is 41.8 Å². The van der Waals surface area contributed by atoms with Crippen molar-refractivity contribution in [3.8, 4) is 0 Å². The van der Waals surface area contributed by atoms with Gasteiger partial charge in [-0.05, 0) is 36.4 Å². The number of thiophene rings is 1. The van der Waals surface area contributed by atoms with Gasteiger partial charge in [0.15, 0.2) is 0 Å². The fourth-order valence-corrected chi connectivity index (χ4v) is 3.03. The Bertz CT molecular complexity index is 641. The molecule has 2 aromatic rings. The Kier molecular flexibility index (Phi) is 6.78. The van der Waals surface area contributed by atoms with Crippen molar-refractivity contribution in [3.05, 3.63) is 57.8 Å². The van der Waals surface area contributed by atoms with Crippen molar-refractivity contribution in [3.63, 3.8) is 0 Å². The smallest absolute Gasteiger partial charge is 0.315 e. The molecule has 6 heteroatoms. The number of hydrogen-bond acceptors (Lipinski definition) is 4. The van der Waals surface area contributed by atoms with Crippen LogP contribution >= 0.6 is 11.3 Å². The van der Waals surface area contributed by atoms with Gasteiger partial charge in [0.25, 0.3) is 0 Å². The minimum atomic E-state index is -1.07. The van der Waals surface area contributed by atoms with Gasteiger partial charge >= 0.3 is 6.03 Å². The molecule has 5 nitrogen and oxygen atoms in total. The summed E-state index contributed by atoms with van der Waals surface area (Å²) in [5, 5.41) is 17.8. The molecule has 24 heavy (non-hydrogen) atoms. The first-order chi connectivity index (χ1) is 11.5. The Labute approximate surface area is 146 Å². The number of aliphatic hydroxyl groups is 1. The van der Waals surface area contributed by atoms with Crippen molar-refractivity contribution >= 4 is 17.4 Å². The van der Waals surface area contributed by atoms with E-state index >= 15 is 0 Å². The summed E-state index contributed by atoms with van der Waals surface area (Å²) in [5.41, 5.74) is 1.01. The van der Waals surface area contributed by atoms with Gasteiger partial charge in [-0.3, -0.25) is 0 Å². The fraction of sp³-hybridized carbons (Fsp3) is 0.389. The molecule has 0 spiro atoms. The van der Waals surface area contributed by atoms with Crippen molar-refractivity contribution in [1.29, 1.82) is 0 Å². The molecule has 0 bridgehead atoms. The van der Waals surface area contributed by atoms with Crippen molar-refractivity contribution in [2.24, 2.45) is 0 Å². The fourth-order valence-electron chi connectivity index (χ4n) is 2.25. The van der Waals surface area contributed by atoms with Crippen LogP contribution in [0.4, 0.5) is 4.79 Å². The average molecular weight is 348 g/mol. The molecule has 0 saturated heterocycles. The third kappa shape index (κ3) is 5.33. The summed E-state index contributed by atoms with van der Waals surface area (Å²) >= 11 is 1.47. The Morgan fingerprint density at radius 2 is 1.96 bits per heavy atom. The lowest BCUT2D eigenvalue weighted by Gasteiger charge is -2.22. The zero-order chi connectivity index (χ0) is 17.4. The maximum absolute atomic E-state index is 12.0. The highest BCUT2D eigenvalue weighted by atomic mass is 32.1. The molecule has 0 fully saturated rings. The van der Waals surface area contributed by atoms with Crippen LogP contribution in [-0.2, 0) is 23.5 Å². The first-order valence-corrected chi connectivity index (χ1v) is 8.83. The second kappa shape index (κ2) is 8.82. The van der Waals surface area contributed by atoms with Crippen molar-refractivity contribution in [2.75, 3.05) is 13.2 Å². The Morgan fingerprint density at radius 1 is 1.21 bits per heavy atom. The van der Waals surface area contributed by atoms with Gasteiger partial charge < -0.3 is 20.5 Å². The lowest BCUT2D eigenvalue weighted by atomic mass is 10.1. The monoisotopic (exact) mass is 348 g/mol. The molecule has 0 aliphatic heterocycles. The van der Waals surface area contributed by atoms with E-state index in [1.54, 1.807) is 6.92 Å². The predicted molar refractivity (Wildman–Crippen MR) is 95.9 cm³/mol. The van der Waals surface area contributed by atoms with Crippen molar-refractivity contribution < 1.29 is 14.6 Å². The normalized spacial score (nSPS) is 13.3. The van der Waals surface area contributed by atoms with Gasteiger partial charge in [-0.2, -0.15) is 0 Å². The summed E-state index contributed by atoms with van der Waals surface area (Å²) in [6.45, 7) is 5.39. The highest BCUT2D eigenvalue weighted by Crippen LogP contribution is 2.24. The van der Waals surface area contributed by atoms with Crippen LogP contribution in [0.1, 0.15) is 29.9 Å². The summed E-state index contributed by atoms with van der Waals surface area (Å²) in [4.78, 5) is 12.8. The molecule has 1 atom stereocenters. The number of carbonyl (C=O) groups is 1. The number of carbonyl (C=O) groups excluding carboxylic acids is 1. The molecule has 130 valence electrons. The second-order valence-electron chi connectivity index (χ2n) is 5.69. The van der Waals surface area contributed by atoms with E-state index in [1.807, 2.05) is 48.7 Å². The summed E-state index contributed by atoms with van der Waals surface area (Å²) < 4.78 is 5.44. The van der Waals surface area contributed by atoms with Gasteiger partial charge in [0.05, 0.1) is 13.2 Å². The van der Waals surface area contributed by atoms with Gasteiger partial charge in [-0.25, -0.2) is 4.79 Å². The van der Waals surface area contributed by atoms with Crippen LogP contribution < -0.4 is 10.6 Å². The summed E-state index contributed by atoms with van der Waals surface area (Å²) in [7, 11) is 0. The summed E-state index contributed by atoms with van der Waals surface area (Å²) in [6.07, 6.45) is 0. The molecule has 0 aliphatic carbocycles. The minimum absolute atomic E-state index is 0.153. The average Bonchev–Trinajstić information content (AvgIpc) is 3.12. The Hall–Kier alpha value is -1.89. The maximum Gasteiger partial charge on any atom is 0.315 e. The van der Waals surface area contributed by atoms with E-state index < -0.39 is 5.60 Å². The van der Waals surface area contributed by atoms with Crippen molar-refractivity contribution in [1.82, 2.24) is 10.6 Å². The number of urea groups is 1. The number of ether oxygens (including phenoxy) is 1. The summed E-state index contributed by atoms with van der Waals surface area (Å²) in [6, 6.07) is 11.3. The van der Waals surface area contributed by atoms with E-state index in [1.165, 1.54) is 11.3 Å². The van der Waals surface area contributed by atoms with Gasteiger partial charge in [-0.1, -0.05) is 30.3 Å². The lowest BCUT2D eigenvalue weighted by Crippen LogP contribution is -2.43. The molecular weight excluding hydrogens is 324 g/mol. The number of amides is 2. The van der Waals surface area contributed by atoms with E-state index in [0.29, 0.717) is 19.8 Å². The van der Waals surface area contributed by atoms with Gasteiger partial charge in [0, 0.05) is 18.0 Å². The zero-order valence-electron chi connectivity index (χ0n) is 14.0. The molecule has 0 saturated carbocycles. The van der Waals surface area contributed by atoms with Gasteiger partial charge in [-0.15, -0.1) is 11.3 Å². The molecule has 3 N–H and O–H groups in total. The van der Waals surface area contributed by atoms with E-state index in [0.717, 1.165) is 16.0 Å². The van der Waals surface area contributed by atoms with Crippen molar-refractivity contribution in [2.45, 2.75) is 32.6 Å².